The standard InChI is InChI=1S/C20H28N2O5/c1-4-5-12-22-18(24)11-10-15(20(25)27-13-17(23)21-2)19(22)14-8-6-7-9-16(14)26-3/h6-9,15,19H,4-5,10-13H2,1-3H3,(H,21,23)/t15-,19-/m1/s1. The second-order valence-corrected chi connectivity index (χ2v) is 6.55. The number of likely N-dealkylation sites (N-methyl/N-ethyl adjacent to an activating group) is 1. The van der Waals surface area contributed by atoms with E-state index in [4.69, 9.17) is 9.47 Å². The second-order valence-electron chi connectivity index (χ2n) is 6.55. The first-order valence-corrected chi connectivity index (χ1v) is 9.33. The van der Waals surface area contributed by atoms with Crippen molar-refractivity contribution in [3.63, 3.8) is 0 Å². The number of nitrogens with one attached hydrogen (secondary N) is 1. The zero-order valence-corrected chi connectivity index (χ0v) is 16.2. The van der Waals surface area contributed by atoms with Gasteiger partial charge >= 0.3 is 5.97 Å². The minimum absolute atomic E-state index is 0.0229. The maximum absolute atomic E-state index is 12.7. The van der Waals surface area contributed by atoms with E-state index in [0.717, 1.165) is 18.4 Å². The Balaban J connectivity index is 2.36. The van der Waals surface area contributed by atoms with E-state index in [-0.39, 0.29) is 24.8 Å². The van der Waals surface area contributed by atoms with E-state index in [9.17, 15) is 14.4 Å². The van der Waals surface area contributed by atoms with Gasteiger partial charge < -0.3 is 19.7 Å². The number of nitrogens with zero attached hydrogens (tertiary/aromatic N) is 1. The van der Waals surface area contributed by atoms with E-state index in [1.54, 1.807) is 12.0 Å². The van der Waals surface area contributed by atoms with Gasteiger partial charge in [0, 0.05) is 25.6 Å². The quantitative estimate of drug-likeness (QED) is 0.702. The van der Waals surface area contributed by atoms with Crippen LogP contribution < -0.4 is 10.1 Å². The highest BCUT2D eigenvalue weighted by atomic mass is 16.5. The molecule has 0 spiro atoms. The van der Waals surface area contributed by atoms with E-state index in [1.165, 1.54) is 7.05 Å². The number of piperidine rings is 1. The lowest BCUT2D eigenvalue weighted by Gasteiger charge is -2.40. The smallest absolute Gasteiger partial charge is 0.311 e. The Morgan fingerprint density at radius 3 is 2.70 bits per heavy atom. The number of para-hydroxylation sites is 1. The number of unbranched alkanes of at least 4 members (excludes halogenated alkanes) is 1. The molecule has 0 bridgehead atoms. The van der Waals surface area contributed by atoms with Crippen molar-refractivity contribution in [3.8, 4) is 5.75 Å². The first-order chi connectivity index (χ1) is 13.0. The topological polar surface area (TPSA) is 84.9 Å². The van der Waals surface area contributed by atoms with Gasteiger partial charge in [-0.05, 0) is 18.9 Å². The summed E-state index contributed by atoms with van der Waals surface area (Å²) in [7, 11) is 3.05. The molecular formula is C20H28N2O5. The molecule has 27 heavy (non-hydrogen) atoms. The molecule has 0 saturated carbocycles. The van der Waals surface area contributed by atoms with Gasteiger partial charge in [-0.25, -0.2) is 0 Å². The third-order valence-corrected chi connectivity index (χ3v) is 4.84. The van der Waals surface area contributed by atoms with E-state index >= 15 is 0 Å². The highest BCUT2D eigenvalue weighted by molar-refractivity contribution is 5.84. The van der Waals surface area contributed by atoms with Gasteiger partial charge in [0.2, 0.25) is 5.91 Å². The summed E-state index contributed by atoms with van der Waals surface area (Å²) in [6.07, 6.45) is 2.46. The van der Waals surface area contributed by atoms with Crippen LogP contribution in [0.5, 0.6) is 5.75 Å². The molecule has 1 aliphatic heterocycles. The first kappa shape index (κ1) is 20.7. The van der Waals surface area contributed by atoms with Gasteiger partial charge in [0.15, 0.2) is 6.61 Å². The predicted molar refractivity (Wildman–Crippen MR) is 100 cm³/mol. The van der Waals surface area contributed by atoms with Crippen LogP contribution in [0.3, 0.4) is 0 Å². The zero-order valence-electron chi connectivity index (χ0n) is 16.2. The lowest BCUT2D eigenvalue weighted by Crippen LogP contribution is -2.46. The molecule has 1 aromatic rings. The fraction of sp³-hybridized carbons (Fsp3) is 0.550. The first-order valence-electron chi connectivity index (χ1n) is 9.33. The Labute approximate surface area is 160 Å². The lowest BCUT2D eigenvalue weighted by molar-refractivity contribution is -0.159. The van der Waals surface area contributed by atoms with Gasteiger partial charge in [0.1, 0.15) is 5.75 Å². The summed E-state index contributed by atoms with van der Waals surface area (Å²) in [5.74, 6) is -0.728. The Bertz CT molecular complexity index is 676. The van der Waals surface area contributed by atoms with Crippen LogP contribution in [0.25, 0.3) is 0 Å². The van der Waals surface area contributed by atoms with E-state index in [2.05, 4.69) is 12.2 Å². The number of carbonyl (C=O) groups excluding carboxylic acids is 3. The molecule has 1 fully saturated rings. The number of amides is 2. The summed E-state index contributed by atoms with van der Waals surface area (Å²) < 4.78 is 10.7. The molecule has 2 atom stereocenters. The molecule has 0 aliphatic carbocycles. The van der Waals surface area contributed by atoms with E-state index in [1.807, 2.05) is 24.3 Å². The van der Waals surface area contributed by atoms with Crippen LogP contribution in [0.1, 0.15) is 44.2 Å². The lowest BCUT2D eigenvalue weighted by atomic mass is 9.83. The molecule has 0 radical (unpaired) electrons. The molecule has 2 amide bonds. The van der Waals surface area contributed by atoms with Gasteiger partial charge in [-0.2, -0.15) is 0 Å². The summed E-state index contributed by atoms with van der Waals surface area (Å²) in [4.78, 5) is 38.6. The highest BCUT2D eigenvalue weighted by Gasteiger charge is 2.42. The molecule has 1 aliphatic rings. The van der Waals surface area contributed by atoms with Crippen LogP contribution in [-0.2, 0) is 19.1 Å². The number of likely N-dealkylation sites (tertiary alicyclic amines) is 1. The van der Waals surface area contributed by atoms with Gasteiger partial charge in [-0.3, -0.25) is 14.4 Å². The zero-order chi connectivity index (χ0) is 19.8. The second kappa shape index (κ2) is 9.94. The average Bonchev–Trinajstić information content (AvgIpc) is 2.70. The Hall–Kier alpha value is -2.57. The number of methoxy groups -OCH3 is 1. The number of hydrogen-bond donors (Lipinski definition) is 1. The van der Waals surface area contributed by atoms with Gasteiger partial charge in [0.25, 0.3) is 5.91 Å². The summed E-state index contributed by atoms with van der Waals surface area (Å²) >= 11 is 0. The number of carbonyl (C=O) groups is 3. The number of benzene rings is 1. The maximum atomic E-state index is 12.7. The van der Waals surface area contributed by atoms with E-state index < -0.39 is 17.9 Å². The number of rotatable bonds is 8. The maximum Gasteiger partial charge on any atom is 0.311 e. The summed E-state index contributed by atoms with van der Waals surface area (Å²) in [5.41, 5.74) is 0.783. The Kier molecular flexibility index (Phi) is 7.64. The number of hydrogen-bond acceptors (Lipinski definition) is 5. The van der Waals surface area contributed by atoms with Gasteiger partial charge in [-0.1, -0.05) is 31.5 Å². The molecule has 2 rings (SSSR count). The fourth-order valence-electron chi connectivity index (χ4n) is 3.40. The Morgan fingerprint density at radius 1 is 1.30 bits per heavy atom. The van der Waals surface area contributed by atoms with Crippen LogP contribution in [0.2, 0.25) is 0 Å². The van der Waals surface area contributed by atoms with Crippen molar-refractivity contribution in [1.82, 2.24) is 10.2 Å². The summed E-state index contributed by atoms with van der Waals surface area (Å²) in [5, 5.41) is 2.43. The van der Waals surface area contributed by atoms with Gasteiger partial charge in [0.05, 0.1) is 19.1 Å². The molecule has 1 aromatic carbocycles. The Morgan fingerprint density at radius 2 is 2.04 bits per heavy atom. The van der Waals surface area contributed by atoms with Crippen LogP contribution in [0.15, 0.2) is 24.3 Å². The van der Waals surface area contributed by atoms with Crippen LogP contribution >= 0.6 is 0 Å². The molecular weight excluding hydrogens is 348 g/mol. The van der Waals surface area contributed by atoms with Crippen molar-refractivity contribution in [2.45, 2.75) is 38.6 Å². The molecule has 7 nitrogen and oxygen atoms in total. The molecule has 0 unspecified atom stereocenters. The van der Waals surface area contributed by atoms with Crippen molar-refractivity contribution in [2.24, 2.45) is 5.92 Å². The molecule has 7 heteroatoms. The van der Waals surface area contributed by atoms with Crippen LogP contribution in [0.4, 0.5) is 0 Å². The number of esters is 1. The largest absolute Gasteiger partial charge is 0.496 e. The molecule has 148 valence electrons. The SMILES string of the molecule is CCCCN1C(=O)CC[C@@H](C(=O)OCC(=O)NC)[C@H]1c1ccccc1OC. The van der Waals surface area contributed by atoms with Gasteiger partial charge in [-0.15, -0.1) is 0 Å². The summed E-state index contributed by atoms with van der Waals surface area (Å²) in [6, 6.07) is 6.94. The third-order valence-electron chi connectivity index (χ3n) is 4.84. The normalized spacial score (nSPS) is 19.5. The fourth-order valence-corrected chi connectivity index (χ4v) is 3.40. The van der Waals surface area contributed by atoms with E-state index in [0.29, 0.717) is 18.7 Å². The van der Waals surface area contributed by atoms with Crippen LogP contribution in [-0.4, -0.2) is 50.0 Å². The molecule has 1 N–H and O–H groups in total. The average molecular weight is 376 g/mol. The minimum atomic E-state index is -0.541. The molecule has 1 heterocycles. The van der Waals surface area contributed by atoms with Crippen molar-refractivity contribution in [3.05, 3.63) is 29.8 Å². The van der Waals surface area contributed by atoms with Crippen molar-refractivity contribution >= 4 is 17.8 Å². The molecule has 1 saturated heterocycles. The highest BCUT2D eigenvalue weighted by Crippen LogP contribution is 2.41. The van der Waals surface area contributed by atoms with Crippen molar-refractivity contribution in [2.75, 3.05) is 27.3 Å². The predicted octanol–water partition coefficient (Wildman–Crippen LogP) is 2.06. The molecule has 0 aromatic heterocycles. The van der Waals surface area contributed by atoms with Crippen molar-refractivity contribution < 1.29 is 23.9 Å². The summed E-state index contributed by atoms with van der Waals surface area (Å²) in [6.45, 7) is 2.30. The monoisotopic (exact) mass is 376 g/mol. The van der Waals surface area contributed by atoms with Crippen LogP contribution in [0, 0.1) is 5.92 Å². The number of ether oxygens (including phenoxy) is 2. The minimum Gasteiger partial charge on any atom is -0.496 e. The van der Waals surface area contributed by atoms with Crippen molar-refractivity contribution in [1.29, 1.82) is 0 Å². The third kappa shape index (κ3) is 4.99.